The summed E-state index contributed by atoms with van der Waals surface area (Å²) in [5.74, 6) is 0.223. The van der Waals surface area contributed by atoms with E-state index in [1.807, 2.05) is 0 Å². The van der Waals surface area contributed by atoms with Crippen LogP contribution in [0.15, 0.2) is 18.2 Å². The lowest BCUT2D eigenvalue weighted by Gasteiger charge is -2.26. The number of hydrogen-bond donors (Lipinski definition) is 1. The molecule has 0 radical (unpaired) electrons. The largest absolute Gasteiger partial charge is 0.490 e. The van der Waals surface area contributed by atoms with Crippen molar-refractivity contribution in [1.29, 1.82) is 0 Å². The second-order valence-electron chi connectivity index (χ2n) is 4.78. The van der Waals surface area contributed by atoms with E-state index in [1.165, 1.54) is 0 Å². The van der Waals surface area contributed by atoms with Gasteiger partial charge in [-0.25, -0.2) is 4.79 Å². The number of nitrogens with two attached hydrogens (primary N) is 1. The molecule has 0 spiro atoms. The highest BCUT2D eigenvalue weighted by molar-refractivity contribution is 5.91. The van der Waals surface area contributed by atoms with E-state index in [0.717, 1.165) is 32.8 Å². The Morgan fingerprint density at radius 3 is 2.81 bits per heavy atom. The Balaban J connectivity index is 1.84. The summed E-state index contributed by atoms with van der Waals surface area (Å²) in [4.78, 5) is 13.9. The van der Waals surface area contributed by atoms with Crippen molar-refractivity contribution in [2.45, 2.75) is 6.92 Å². The maximum atomic E-state index is 11.6. The third-order valence-corrected chi connectivity index (χ3v) is 3.29. The summed E-state index contributed by atoms with van der Waals surface area (Å²) < 4.78 is 15.9. The Morgan fingerprint density at radius 1 is 1.38 bits per heavy atom. The quantitative estimate of drug-likeness (QED) is 0.627. The molecule has 1 heterocycles. The fourth-order valence-electron chi connectivity index (χ4n) is 2.13. The Hall–Kier alpha value is -1.79. The first-order valence-corrected chi connectivity index (χ1v) is 7.20. The minimum atomic E-state index is -0.371. The Morgan fingerprint density at radius 2 is 2.14 bits per heavy atom. The average Bonchev–Trinajstić information content (AvgIpc) is 2.50. The summed E-state index contributed by atoms with van der Waals surface area (Å²) in [7, 11) is 0. The molecule has 0 unspecified atom stereocenters. The molecule has 1 fully saturated rings. The van der Waals surface area contributed by atoms with Crippen molar-refractivity contribution in [3.63, 3.8) is 0 Å². The molecule has 1 saturated heterocycles. The average molecular weight is 294 g/mol. The molecule has 0 aliphatic carbocycles. The second kappa shape index (κ2) is 7.85. The summed E-state index contributed by atoms with van der Waals surface area (Å²) in [6, 6.07) is 4.96. The summed E-state index contributed by atoms with van der Waals surface area (Å²) >= 11 is 0. The molecule has 0 saturated carbocycles. The first-order valence-electron chi connectivity index (χ1n) is 7.20. The van der Waals surface area contributed by atoms with Crippen molar-refractivity contribution in [3.05, 3.63) is 23.8 Å². The van der Waals surface area contributed by atoms with Crippen molar-refractivity contribution >= 4 is 11.7 Å². The van der Waals surface area contributed by atoms with Gasteiger partial charge in [0.1, 0.15) is 12.4 Å². The first kappa shape index (κ1) is 15.6. The van der Waals surface area contributed by atoms with Gasteiger partial charge in [0, 0.05) is 19.6 Å². The molecular formula is C15H22N2O4. The van der Waals surface area contributed by atoms with Crippen LogP contribution in [0.1, 0.15) is 17.3 Å². The van der Waals surface area contributed by atoms with Gasteiger partial charge >= 0.3 is 5.97 Å². The minimum absolute atomic E-state index is 0.344. The Bertz CT molecular complexity index is 473. The Labute approximate surface area is 124 Å². The molecule has 2 N–H and O–H groups in total. The molecule has 1 aliphatic rings. The van der Waals surface area contributed by atoms with Crippen LogP contribution < -0.4 is 10.5 Å². The lowest BCUT2D eigenvalue weighted by atomic mass is 10.2. The van der Waals surface area contributed by atoms with Crippen LogP contribution in [0.25, 0.3) is 0 Å². The van der Waals surface area contributed by atoms with Gasteiger partial charge in [-0.2, -0.15) is 0 Å². The molecule has 2 rings (SSSR count). The molecule has 1 aliphatic heterocycles. The van der Waals surface area contributed by atoms with Crippen LogP contribution in [0, 0.1) is 0 Å². The number of carbonyl (C=O) groups excluding carboxylic acids is 1. The van der Waals surface area contributed by atoms with E-state index in [9.17, 15) is 4.79 Å². The SMILES string of the molecule is CCOC(=O)c1ccc(OCCN2CCOCC2)c(N)c1. The maximum absolute atomic E-state index is 11.6. The van der Waals surface area contributed by atoms with Gasteiger partial charge in [-0.05, 0) is 25.1 Å². The standard InChI is InChI=1S/C15H22N2O4/c1-2-20-15(18)12-3-4-14(13(16)11-12)21-10-7-17-5-8-19-9-6-17/h3-4,11H,2,5-10,16H2,1H3. The third-order valence-electron chi connectivity index (χ3n) is 3.29. The molecule has 1 aromatic carbocycles. The second-order valence-corrected chi connectivity index (χ2v) is 4.78. The fourth-order valence-corrected chi connectivity index (χ4v) is 2.13. The predicted octanol–water partition coefficient (Wildman–Crippen LogP) is 1.16. The van der Waals surface area contributed by atoms with E-state index in [2.05, 4.69) is 4.90 Å². The molecule has 6 heteroatoms. The van der Waals surface area contributed by atoms with E-state index in [0.29, 0.717) is 30.2 Å². The summed E-state index contributed by atoms with van der Waals surface area (Å²) in [6.07, 6.45) is 0. The number of ether oxygens (including phenoxy) is 3. The van der Waals surface area contributed by atoms with Crippen LogP contribution in [-0.2, 0) is 9.47 Å². The molecule has 6 nitrogen and oxygen atoms in total. The highest BCUT2D eigenvalue weighted by Gasteiger charge is 2.12. The van der Waals surface area contributed by atoms with Gasteiger partial charge in [-0.15, -0.1) is 0 Å². The first-order chi connectivity index (χ1) is 10.2. The molecule has 116 valence electrons. The van der Waals surface area contributed by atoms with Gasteiger partial charge in [-0.1, -0.05) is 0 Å². The number of nitrogens with zero attached hydrogens (tertiary/aromatic N) is 1. The van der Waals surface area contributed by atoms with Gasteiger partial charge in [0.2, 0.25) is 0 Å². The van der Waals surface area contributed by atoms with Crippen molar-refractivity contribution < 1.29 is 19.0 Å². The lowest BCUT2D eigenvalue weighted by Crippen LogP contribution is -2.38. The number of rotatable bonds is 6. The fraction of sp³-hybridized carbons (Fsp3) is 0.533. The number of morpholine rings is 1. The molecule has 0 aromatic heterocycles. The highest BCUT2D eigenvalue weighted by Crippen LogP contribution is 2.23. The summed E-state index contributed by atoms with van der Waals surface area (Å²) in [5, 5.41) is 0. The molecular weight excluding hydrogens is 272 g/mol. The monoisotopic (exact) mass is 294 g/mol. The van der Waals surface area contributed by atoms with Crippen molar-refractivity contribution in [2.75, 3.05) is 51.8 Å². The van der Waals surface area contributed by atoms with Crippen LogP contribution in [-0.4, -0.2) is 56.9 Å². The summed E-state index contributed by atoms with van der Waals surface area (Å²) in [6.45, 7) is 6.92. The van der Waals surface area contributed by atoms with Crippen molar-refractivity contribution in [1.82, 2.24) is 4.90 Å². The number of esters is 1. The van der Waals surface area contributed by atoms with Crippen LogP contribution in [0.5, 0.6) is 5.75 Å². The summed E-state index contributed by atoms with van der Waals surface area (Å²) in [5.41, 5.74) is 6.79. The zero-order valence-corrected chi connectivity index (χ0v) is 12.3. The Kier molecular flexibility index (Phi) is 5.83. The predicted molar refractivity (Wildman–Crippen MR) is 79.6 cm³/mol. The molecule has 0 amide bonds. The highest BCUT2D eigenvalue weighted by atomic mass is 16.5. The van der Waals surface area contributed by atoms with Crippen LogP contribution in [0.3, 0.4) is 0 Å². The molecule has 21 heavy (non-hydrogen) atoms. The third kappa shape index (κ3) is 4.61. The number of hydrogen-bond acceptors (Lipinski definition) is 6. The minimum Gasteiger partial charge on any atom is -0.490 e. The van der Waals surface area contributed by atoms with Crippen LogP contribution in [0.2, 0.25) is 0 Å². The van der Waals surface area contributed by atoms with Gasteiger partial charge in [-0.3, -0.25) is 4.90 Å². The van der Waals surface area contributed by atoms with E-state index < -0.39 is 0 Å². The van der Waals surface area contributed by atoms with E-state index in [-0.39, 0.29) is 5.97 Å². The number of nitrogen functional groups attached to an aromatic ring is 1. The zero-order chi connectivity index (χ0) is 15.1. The van der Waals surface area contributed by atoms with Crippen molar-refractivity contribution in [2.24, 2.45) is 0 Å². The van der Waals surface area contributed by atoms with Gasteiger partial charge in [0.05, 0.1) is 31.1 Å². The molecule has 0 bridgehead atoms. The molecule has 1 aromatic rings. The normalized spacial score (nSPS) is 15.7. The van der Waals surface area contributed by atoms with E-state index in [4.69, 9.17) is 19.9 Å². The number of anilines is 1. The maximum Gasteiger partial charge on any atom is 0.338 e. The topological polar surface area (TPSA) is 74.0 Å². The van der Waals surface area contributed by atoms with Gasteiger partial charge in [0.25, 0.3) is 0 Å². The number of carbonyl (C=O) groups is 1. The lowest BCUT2D eigenvalue weighted by molar-refractivity contribution is 0.0323. The van der Waals surface area contributed by atoms with Crippen LogP contribution in [0.4, 0.5) is 5.69 Å². The van der Waals surface area contributed by atoms with E-state index >= 15 is 0 Å². The zero-order valence-electron chi connectivity index (χ0n) is 12.3. The number of benzene rings is 1. The molecule has 0 atom stereocenters. The van der Waals surface area contributed by atoms with Crippen molar-refractivity contribution in [3.8, 4) is 5.75 Å². The van der Waals surface area contributed by atoms with Crippen LogP contribution >= 0.6 is 0 Å². The van der Waals surface area contributed by atoms with Gasteiger partial charge in [0.15, 0.2) is 0 Å². The smallest absolute Gasteiger partial charge is 0.338 e. The van der Waals surface area contributed by atoms with Gasteiger partial charge < -0.3 is 19.9 Å². The van der Waals surface area contributed by atoms with E-state index in [1.54, 1.807) is 25.1 Å².